The van der Waals surface area contributed by atoms with Crippen LogP contribution in [0.5, 0.6) is 0 Å². The molecule has 0 bridgehead atoms. The molecule has 106 valence electrons. The second-order valence-corrected chi connectivity index (χ2v) is 5.29. The maximum Gasteiger partial charge on any atom is 0.151 e. The van der Waals surface area contributed by atoms with Crippen LogP contribution in [0.4, 0.5) is 15.9 Å². The number of halogens is 2. The zero-order valence-electron chi connectivity index (χ0n) is 11.3. The van der Waals surface area contributed by atoms with Crippen LogP contribution in [0.15, 0.2) is 36.4 Å². The predicted octanol–water partition coefficient (Wildman–Crippen LogP) is 4.17. The Hall–Kier alpha value is -2.33. The van der Waals surface area contributed by atoms with Crippen molar-refractivity contribution in [3.05, 3.63) is 52.8 Å². The number of hydrogen-bond donors (Lipinski definition) is 2. The Morgan fingerprint density at radius 3 is 2.62 bits per heavy atom. The van der Waals surface area contributed by atoms with Gasteiger partial charge in [-0.25, -0.2) is 9.37 Å². The highest BCUT2D eigenvalue weighted by atomic mass is 35.5. The third kappa shape index (κ3) is 2.17. The zero-order valence-corrected chi connectivity index (χ0v) is 12.1. The van der Waals surface area contributed by atoms with Gasteiger partial charge in [-0.05, 0) is 30.7 Å². The molecule has 0 fully saturated rings. The molecule has 1 aromatic heterocycles. The van der Waals surface area contributed by atoms with E-state index >= 15 is 0 Å². The number of rotatable bonds is 1. The molecule has 0 amide bonds. The molecule has 5 heteroatoms. The lowest BCUT2D eigenvalue weighted by atomic mass is 10.0. The van der Waals surface area contributed by atoms with Crippen molar-refractivity contribution in [3.8, 4) is 11.3 Å². The van der Waals surface area contributed by atoms with Gasteiger partial charge in [0.25, 0.3) is 0 Å². The van der Waals surface area contributed by atoms with Gasteiger partial charge in [0.05, 0.1) is 10.7 Å². The van der Waals surface area contributed by atoms with Crippen molar-refractivity contribution in [2.24, 2.45) is 0 Å². The van der Waals surface area contributed by atoms with E-state index in [4.69, 9.17) is 23.1 Å². The number of benzene rings is 2. The summed E-state index contributed by atoms with van der Waals surface area (Å²) in [6, 6.07) is 10.3. The van der Waals surface area contributed by atoms with Gasteiger partial charge in [-0.1, -0.05) is 29.8 Å². The van der Waals surface area contributed by atoms with Crippen LogP contribution in [-0.4, -0.2) is 4.98 Å². The molecule has 1 heterocycles. The highest BCUT2D eigenvalue weighted by Gasteiger charge is 2.13. The Morgan fingerprint density at radius 1 is 1.10 bits per heavy atom. The van der Waals surface area contributed by atoms with E-state index in [0.29, 0.717) is 22.8 Å². The van der Waals surface area contributed by atoms with E-state index in [1.165, 1.54) is 6.07 Å². The molecule has 21 heavy (non-hydrogen) atoms. The summed E-state index contributed by atoms with van der Waals surface area (Å²) in [6.07, 6.45) is 0. The van der Waals surface area contributed by atoms with Crippen molar-refractivity contribution in [1.82, 2.24) is 4.98 Å². The van der Waals surface area contributed by atoms with Crippen LogP contribution in [0.25, 0.3) is 22.0 Å². The number of aromatic nitrogens is 1. The number of hydrogen-bond acceptors (Lipinski definition) is 3. The van der Waals surface area contributed by atoms with Crippen LogP contribution in [-0.2, 0) is 0 Å². The van der Waals surface area contributed by atoms with Gasteiger partial charge >= 0.3 is 0 Å². The molecule has 2 aromatic carbocycles. The number of anilines is 2. The van der Waals surface area contributed by atoms with Gasteiger partial charge in [0.2, 0.25) is 0 Å². The molecule has 3 nitrogen and oxygen atoms in total. The smallest absolute Gasteiger partial charge is 0.151 e. The quantitative estimate of drug-likeness (QED) is 0.663. The molecule has 0 radical (unpaired) electrons. The molecule has 0 unspecified atom stereocenters. The largest absolute Gasteiger partial charge is 0.398 e. The lowest BCUT2D eigenvalue weighted by Gasteiger charge is -2.11. The molecule has 0 atom stereocenters. The Balaban J connectivity index is 2.35. The van der Waals surface area contributed by atoms with Crippen molar-refractivity contribution in [3.63, 3.8) is 0 Å². The van der Waals surface area contributed by atoms with Crippen LogP contribution in [0.1, 0.15) is 5.56 Å². The van der Waals surface area contributed by atoms with Crippen LogP contribution >= 0.6 is 11.6 Å². The molecular formula is C16H13ClFN3. The molecule has 4 N–H and O–H groups in total. The Labute approximate surface area is 126 Å². The fourth-order valence-corrected chi connectivity index (χ4v) is 2.50. The Bertz CT molecular complexity index is 862. The van der Waals surface area contributed by atoms with E-state index in [1.807, 2.05) is 19.1 Å². The van der Waals surface area contributed by atoms with Gasteiger partial charge in [-0.3, -0.25) is 0 Å². The first-order chi connectivity index (χ1) is 9.99. The summed E-state index contributed by atoms with van der Waals surface area (Å²) >= 11 is 5.82. The summed E-state index contributed by atoms with van der Waals surface area (Å²) in [6.45, 7) is 1.91. The first kappa shape index (κ1) is 13.6. The minimum absolute atomic E-state index is 0.0465. The third-order valence-electron chi connectivity index (χ3n) is 3.53. The molecule has 0 aliphatic carbocycles. The molecule has 3 rings (SSSR count). The fourth-order valence-electron chi connectivity index (χ4n) is 2.32. The molecule has 0 aliphatic heterocycles. The van der Waals surface area contributed by atoms with Crippen molar-refractivity contribution >= 4 is 33.9 Å². The van der Waals surface area contributed by atoms with Gasteiger partial charge in [0.1, 0.15) is 5.82 Å². The van der Waals surface area contributed by atoms with E-state index in [0.717, 1.165) is 16.3 Å². The van der Waals surface area contributed by atoms with Crippen molar-refractivity contribution in [1.29, 1.82) is 0 Å². The Kier molecular flexibility index (Phi) is 3.18. The van der Waals surface area contributed by atoms with Crippen molar-refractivity contribution < 1.29 is 4.39 Å². The minimum atomic E-state index is -0.517. The topological polar surface area (TPSA) is 64.9 Å². The lowest BCUT2D eigenvalue weighted by Crippen LogP contribution is -1.99. The third-order valence-corrected chi connectivity index (χ3v) is 3.82. The zero-order chi connectivity index (χ0) is 15.1. The molecule has 0 saturated carbocycles. The maximum absolute atomic E-state index is 14.2. The summed E-state index contributed by atoms with van der Waals surface area (Å²) in [5, 5.41) is 1.56. The van der Waals surface area contributed by atoms with Gasteiger partial charge in [0, 0.05) is 22.0 Å². The minimum Gasteiger partial charge on any atom is -0.398 e. The number of pyridine rings is 1. The second kappa shape index (κ2) is 4.90. The SMILES string of the molecule is Cc1ccc2c(N)nc(-c3cccc(Cl)c3F)cc2c1N. The van der Waals surface area contributed by atoms with Crippen LogP contribution in [0.3, 0.4) is 0 Å². The molecule has 3 aromatic rings. The highest BCUT2D eigenvalue weighted by Crippen LogP contribution is 2.33. The normalized spacial score (nSPS) is 11.0. The van der Waals surface area contributed by atoms with E-state index in [1.54, 1.807) is 18.2 Å². The van der Waals surface area contributed by atoms with Gasteiger partial charge in [-0.2, -0.15) is 0 Å². The first-order valence-electron chi connectivity index (χ1n) is 6.38. The van der Waals surface area contributed by atoms with Crippen LogP contribution in [0.2, 0.25) is 5.02 Å². The fraction of sp³-hybridized carbons (Fsp3) is 0.0625. The van der Waals surface area contributed by atoms with E-state index in [9.17, 15) is 4.39 Å². The van der Waals surface area contributed by atoms with Crippen LogP contribution < -0.4 is 11.5 Å². The standard InChI is InChI=1S/C16H13ClFN3/c1-8-5-6-9-11(15(8)19)7-13(21-16(9)20)10-3-2-4-12(17)14(10)18/h2-7H,19H2,1H3,(H2,20,21). The number of nitrogen functional groups attached to an aromatic ring is 2. The summed E-state index contributed by atoms with van der Waals surface area (Å²) in [7, 11) is 0. The first-order valence-corrected chi connectivity index (χ1v) is 6.76. The van der Waals surface area contributed by atoms with E-state index in [-0.39, 0.29) is 5.02 Å². The summed E-state index contributed by atoms with van der Waals surface area (Å²) in [4.78, 5) is 4.27. The summed E-state index contributed by atoms with van der Waals surface area (Å²) < 4.78 is 14.2. The molecule has 0 aliphatic rings. The van der Waals surface area contributed by atoms with Crippen LogP contribution in [0, 0.1) is 12.7 Å². The maximum atomic E-state index is 14.2. The van der Waals surface area contributed by atoms with E-state index in [2.05, 4.69) is 4.98 Å². The molecule has 0 spiro atoms. The number of nitrogens with two attached hydrogens (primary N) is 2. The second-order valence-electron chi connectivity index (χ2n) is 4.89. The average molecular weight is 302 g/mol. The van der Waals surface area contributed by atoms with Crippen molar-refractivity contribution in [2.45, 2.75) is 6.92 Å². The number of fused-ring (bicyclic) bond motifs is 1. The van der Waals surface area contributed by atoms with Gasteiger partial charge < -0.3 is 11.5 Å². The van der Waals surface area contributed by atoms with Gasteiger partial charge in [-0.15, -0.1) is 0 Å². The highest BCUT2D eigenvalue weighted by molar-refractivity contribution is 6.31. The number of nitrogens with zero attached hydrogens (tertiary/aromatic N) is 1. The number of aryl methyl sites for hydroxylation is 1. The summed E-state index contributed by atoms with van der Waals surface area (Å²) in [5.41, 5.74) is 14.3. The van der Waals surface area contributed by atoms with Gasteiger partial charge in [0.15, 0.2) is 5.82 Å². The lowest BCUT2D eigenvalue weighted by molar-refractivity contribution is 0.631. The van der Waals surface area contributed by atoms with E-state index < -0.39 is 5.82 Å². The predicted molar refractivity (Wildman–Crippen MR) is 85.7 cm³/mol. The average Bonchev–Trinajstić information content (AvgIpc) is 2.46. The summed E-state index contributed by atoms with van der Waals surface area (Å²) in [5.74, 6) is -0.204. The molecule has 0 saturated heterocycles. The van der Waals surface area contributed by atoms with Crippen molar-refractivity contribution in [2.75, 3.05) is 11.5 Å². The monoisotopic (exact) mass is 301 g/mol. The molecular weight excluding hydrogens is 289 g/mol. The Morgan fingerprint density at radius 2 is 1.86 bits per heavy atom.